The first kappa shape index (κ1) is 13.4. The molecule has 1 aromatic heterocycles. The van der Waals surface area contributed by atoms with Crippen LogP contribution < -0.4 is 9.64 Å². The molecule has 0 bridgehead atoms. The maximum absolute atomic E-state index is 5.79. The smallest absolute Gasteiger partial charge is 0.218 e. The van der Waals surface area contributed by atoms with Gasteiger partial charge in [0, 0.05) is 38.1 Å². The topological polar surface area (TPSA) is 41.5 Å². The summed E-state index contributed by atoms with van der Waals surface area (Å²) < 4.78 is 5.13. The van der Waals surface area contributed by atoms with Crippen LogP contribution in [-0.4, -0.2) is 60.6 Å². The maximum atomic E-state index is 5.79. The first-order chi connectivity index (χ1) is 8.83. The molecule has 1 saturated heterocycles. The monoisotopic (exact) mass is 270 g/mol. The Morgan fingerprint density at radius 1 is 1.28 bits per heavy atom. The summed E-state index contributed by atoms with van der Waals surface area (Å²) in [6, 6.07) is 1.89. The van der Waals surface area contributed by atoms with Crippen LogP contribution in [0.3, 0.4) is 0 Å². The molecule has 1 aliphatic rings. The summed E-state index contributed by atoms with van der Waals surface area (Å²) in [5, 5.41) is 0. The maximum Gasteiger partial charge on any atom is 0.218 e. The van der Waals surface area contributed by atoms with Gasteiger partial charge in [-0.1, -0.05) is 0 Å². The summed E-state index contributed by atoms with van der Waals surface area (Å²) in [6.45, 7) is 5.07. The molecule has 5 nitrogen and oxygen atoms in total. The standard InChI is InChI=1S/C12H19ClN4O/c1-18-12-9-11(14-10-15-12)17-5-2-4-16(6-3-13)7-8-17/h9-10H,2-8H2,1H3. The second-order valence-corrected chi connectivity index (χ2v) is 4.67. The van der Waals surface area contributed by atoms with E-state index in [-0.39, 0.29) is 0 Å². The molecular formula is C12H19ClN4O. The Hall–Kier alpha value is -1.07. The van der Waals surface area contributed by atoms with Crippen molar-refractivity contribution in [2.24, 2.45) is 0 Å². The Morgan fingerprint density at radius 2 is 2.17 bits per heavy atom. The van der Waals surface area contributed by atoms with Crippen molar-refractivity contribution in [2.45, 2.75) is 6.42 Å². The molecule has 1 fully saturated rings. The van der Waals surface area contributed by atoms with E-state index in [1.165, 1.54) is 0 Å². The molecule has 0 atom stereocenters. The zero-order chi connectivity index (χ0) is 12.8. The Morgan fingerprint density at radius 3 is 2.94 bits per heavy atom. The fraction of sp³-hybridized carbons (Fsp3) is 0.667. The van der Waals surface area contributed by atoms with Crippen molar-refractivity contribution in [3.05, 3.63) is 12.4 Å². The molecule has 0 saturated carbocycles. The van der Waals surface area contributed by atoms with E-state index in [1.54, 1.807) is 13.4 Å². The van der Waals surface area contributed by atoms with Crippen LogP contribution in [-0.2, 0) is 0 Å². The molecule has 0 spiro atoms. The number of halogens is 1. The van der Waals surface area contributed by atoms with Gasteiger partial charge in [-0.15, -0.1) is 11.6 Å². The number of rotatable bonds is 4. The largest absolute Gasteiger partial charge is 0.481 e. The SMILES string of the molecule is COc1cc(N2CCCN(CCCl)CC2)ncn1. The number of hydrogen-bond donors (Lipinski definition) is 0. The Kier molecular flexibility index (Phi) is 5.01. The number of nitrogens with zero attached hydrogens (tertiary/aromatic N) is 4. The van der Waals surface area contributed by atoms with Crippen molar-refractivity contribution in [3.63, 3.8) is 0 Å². The molecule has 0 unspecified atom stereocenters. The van der Waals surface area contributed by atoms with Gasteiger partial charge in [-0.3, -0.25) is 0 Å². The first-order valence-corrected chi connectivity index (χ1v) is 6.76. The lowest BCUT2D eigenvalue weighted by Crippen LogP contribution is -2.32. The van der Waals surface area contributed by atoms with E-state index in [0.29, 0.717) is 11.8 Å². The molecule has 0 aromatic carbocycles. The summed E-state index contributed by atoms with van der Waals surface area (Å²) in [6.07, 6.45) is 2.68. The highest BCUT2D eigenvalue weighted by molar-refractivity contribution is 6.18. The number of ether oxygens (including phenoxy) is 1. The van der Waals surface area contributed by atoms with Crippen LogP contribution in [0, 0.1) is 0 Å². The third-order valence-electron chi connectivity index (χ3n) is 3.15. The summed E-state index contributed by atoms with van der Waals surface area (Å²) in [5.41, 5.74) is 0. The lowest BCUT2D eigenvalue weighted by atomic mass is 10.3. The third kappa shape index (κ3) is 3.46. The first-order valence-electron chi connectivity index (χ1n) is 6.23. The molecule has 1 aliphatic heterocycles. The van der Waals surface area contributed by atoms with E-state index in [1.807, 2.05) is 6.07 Å². The highest BCUT2D eigenvalue weighted by atomic mass is 35.5. The van der Waals surface area contributed by atoms with Crippen molar-refractivity contribution >= 4 is 17.4 Å². The Balaban J connectivity index is 2.00. The molecule has 0 radical (unpaired) electrons. The molecule has 1 aromatic rings. The quantitative estimate of drug-likeness (QED) is 0.770. The molecular weight excluding hydrogens is 252 g/mol. The van der Waals surface area contributed by atoms with Crippen molar-refractivity contribution in [1.82, 2.24) is 14.9 Å². The minimum absolute atomic E-state index is 0.613. The summed E-state index contributed by atoms with van der Waals surface area (Å²) in [7, 11) is 1.62. The fourth-order valence-electron chi connectivity index (χ4n) is 2.16. The highest BCUT2D eigenvalue weighted by Gasteiger charge is 2.16. The van der Waals surface area contributed by atoms with Crippen LogP contribution in [0.5, 0.6) is 5.88 Å². The number of alkyl halides is 1. The van der Waals surface area contributed by atoms with E-state index >= 15 is 0 Å². The molecule has 18 heavy (non-hydrogen) atoms. The zero-order valence-corrected chi connectivity index (χ0v) is 11.4. The summed E-state index contributed by atoms with van der Waals surface area (Å²) in [5.74, 6) is 2.25. The van der Waals surface area contributed by atoms with Gasteiger partial charge in [0.05, 0.1) is 7.11 Å². The molecule has 2 heterocycles. The minimum atomic E-state index is 0.613. The van der Waals surface area contributed by atoms with E-state index < -0.39 is 0 Å². The van der Waals surface area contributed by atoms with Crippen molar-refractivity contribution < 1.29 is 4.74 Å². The number of hydrogen-bond acceptors (Lipinski definition) is 5. The average Bonchev–Trinajstić information content (AvgIpc) is 2.65. The molecule has 0 N–H and O–H groups in total. The van der Waals surface area contributed by atoms with E-state index in [4.69, 9.17) is 16.3 Å². The summed E-state index contributed by atoms with van der Waals surface area (Å²) in [4.78, 5) is 13.0. The van der Waals surface area contributed by atoms with Crippen molar-refractivity contribution in [1.29, 1.82) is 0 Å². The van der Waals surface area contributed by atoms with Crippen LogP contribution in [0.25, 0.3) is 0 Å². The average molecular weight is 271 g/mol. The van der Waals surface area contributed by atoms with Gasteiger partial charge in [0.1, 0.15) is 12.1 Å². The van der Waals surface area contributed by atoms with Crippen LogP contribution >= 0.6 is 11.6 Å². The van der Waals surface area contributed by atoms with E-state index in [2.05, 4.69) is 19.8 Å². The predicted octanol–water partition coefficient (Wildman–Crippen LogP) is 1.24. The van der Waals surface area contributed by atoms with Crippen LogP contribution in [0.15, 0.2) is 12.4 Å². The molecule has 0 amide bonds. The number of methoxy groups -OCH3 is 1. The van der Waals surface area contributed by atoms with Gasteiger partial charge >= 0.3 is 0 Å². The molecule has 2 rings (SSSR count). The van der Waals surface area contributed by atoms with Crippen molar-refractivity contribution in [3.8, 4) is 5.88 Å². The fourth-order valence-corrected chi connectivity index (χ4v) is 2.40. The van der Waals surface area contributed by atoms with Crippen LogP contribution in [0.4, 0.5) is 5.82 Å². The van der Waals surface area contributed by atoms with Gasteiger partial charge in [0.15, 0.2) is 0 Å². The lowest BCUT2D eigenvalue weighted by Gasteiger charge is -2.22. The second kappa shape index (κ2) is 6.75. The minimum Gasteiger partial charge on any atom is -0.481 e. The van der Waals surface area contributed by atoms with Gasteiger partial charge in [0.2, 0.25) is 5.88 Å². The van der Waals surface area contributed by atoms with Crippen LogP contribution in [0.2, 0.25) is 0 Å². The lowest BCUT2D eigenvalue weighted by molar-refractivity contribution is 0.311. The number of anilines is 1. The Labute approximate surface area is 113 Å². The Bertz CT molecular complexity index is 377. The van der Waals surface area contributed by atoms with Gasteiger partial charge in [-0.25, -0.2) is 9.97 Å². The van der Waals surface area contributed by atoms with Crippen LogP contribution in [0.1, 0.15) is 6.42 Å². The normalized spacial score (nSPS) is 17.6. The third-order valence-corrected chi connectivity index (χ3v) is 3.32. The molecule has 6 heteroatoms. The second-order valence-electron chi connectivity index (χ2n) is 4.29. The molecule has 100 valence electrons. The van der Waals surface area contributed by atoms with E-state index in [9.17, 15) is 0 Å². The zero-order valence-electron chi connectivity index (χ0n) is 10.7. The van der Waals surface area contributed by atoms with E-state index in [0.717, 1.165) is 45.0 Å². The van der Waals surface area contributed by atoms with Crippen molar-refractivity contribution in [2.75, 3.05) is 50.6 Å². The van der Waals surface area contributed by atoms with Gasteiger partial charge in [-0.05, 0) is 13.0 Å². The highest BCUT2D eigenvalue weighted by Crippen LogP contribution is 2.17. The summed E-state index contributed by atoms with van der Waals surface area (Å²) >= 11 is 5.79. The van der Waals surface area contributed by atoms with Gasteiger partial charge in [-0.2, -0.15) is 0 Å². The molecule has 0 aliphatic carbocycles. The number of aromatic nitrogens is 2. The van der Waals surface area contributed by atoms with Gasteiger partial charge in [0.25, 0.3) is 0 Å². The van der Waals surface area contributed by atoms with Gasteiger partial charge < -0.3 is 14.5 Å². The predicted molar refractivity (Wildman–Crippen MR) is 72.6 cm³/mol.